The van der Waals surface area contributed by atoms with Crippen molar-refractivity contribution in [2.45, 2.75) is 59.9 Å². The van der Waals surface area contributed by atoms with Crippen molar-refractivity contribution in [1.82, 2.24) is 0 Å². The largest absolute Gasteiger partial charge is 1.00 e. The normalized spacial score (nSPS) is 24.1. The molecule has 20 heavy (non-hydrogen) atoms. The van der Waals surface area contributed by atoms with Crippen LogP contribution in [-0.4, -0.2) is 31.2 Å². The molecule has 1 aliphatic carbocycles. The second-order valence-corrected chi connectivity index (χ2v) is 7.58. The van der Waals surface area contributed by atoms with Crippen molar-refractivity contribution in [1.29, 1.82) is 0 Å². The minimum Gasteiger partial charge on any atom is -1.00 e. The second-order valence-electron chi connectivity index (χ2n) is 7.58. The summed E-state index contributed by atoms with van der Waals surface area (Å²) < 4.78 is 1.09. The van der Waals surface area contributed by atoms with Crippen molar-refractivity contribution in [3.63, 3.8) is 0 Å². The van der Waals surface area contributed by atoms with Crippen LogP contribution in [0.4, 0.5) is 0 Å². The van der Waals surface area contributed by atoms with Gasteiger partial charge in [-0.1, -0.05) is 38.5 Å². The lowest BCUT2D eigenvalue weighted by molar-refractivity contribution is -0.906. The van der Waals surface area contributed by atoms with Crippen LogP contribution >= 0.6 is 0 Å². The van der Waals surface area contributed by atoms with E-state index in [0.29, 0.717) is 17.4 Å². The van der Waals surface area contributed by atoms with Gasteiger partial charge in [-0.25, -0.2) is 0 Å². The zero-order valence-corrected chi connectivity index (χ0v) is 16.1. The topological polar surface area (TPSA) is 0 Å². The minimum atomic E-state index is 0. The average molecular weight is 344 g/mol. The van der Waals surface area contributed by atoms with E-state index in [1.807, 2.05) is 0 Å². The molecule has 0 bridgehead atoms. The molecule has 0 aromatic heterocycles. The van der Waals surface area contributed by atoms with E-state index in [0.717, 1.165) is 4.48 Å². The zero-order chi connectivity index (χ0) is 14.7. The first-order chi connectivity index (χ1) is 8.70. The Kier molecular flexibility index (Phi) is 7.76. The number of halogens is 1. The van der Waals surface area contributed by atoms with Gasteiger partial charge < -0.3 is 21.5 Å². The number of nitrogens with zero attached hydrogens (tertiary/aromatic N) is 1. The van der Waals surface area contributed by atoms with Gasteiger partial charge >= 0.3 is 0 Å². The number of quaternary nitrogens is 1. The summed E-state index contributed by atoms with van der Waals surface area (Å²) in [5, 5.41) is 0. The molecular weight excluding hydrogens is 310 g/mol. The van der Waals surface area contributed by atoms with Crippen LogP contribution in [0.15, 0.2) is 23.8 Å². The summed E-state index contributed by atoms with van der Waals surface area (Å²) in [6.07, 6.45) is 11.2. The lowest BCUT2D eigenvalue weighted by atomic mass is 9.68. The van der Waals surface area contributed by atoms with Gasteiger partial charge in [0.2, 0.25) is 0 Å². The molecule has 1 nitrogen and oxygen atoms in total. The van der Waals surface area contributed by atoms with Gasteiger partial charge in [-0.05, 0) is 44.6 Å². The number of hydrogen-bond donors (Lipinski definition) is 0. The van der Waals surface area contributed by atoms with Gasteiger partial charge in [0.1, 0.15) is 6.04 Å². The highest BCUT2D eigenvalue weighted by atomic mass is 79.9. The van der Waals surface area contributed by atoms with Gasteiger partial charge in [0.05, 0.1) is 20.6 Å². The lowest BCUT2D eigenvalue weighted by Crippen LogP contribution is -3.00. The predicted octanol–water partition coefficient (Wildman–Crippen LogP) is 1.80. The van der Waals surface area contributed by atoms with E-state index in [1.165, 1.54) is 25.8 Å². The van der Waals surface area contributed by atoms with Crippen LogP contribution in [0.1, 0.15) is 53.9 Å². The zero-order valence-electron chi connectivity index (χ0n) is 14.5. The Morgan fingerprint density at radius 2 is 2.00 bits per heavy atom. The molecule has 0 heterocycles. The molecule has 0 amide bonds. The fraction of sp³-hybridized carbons (Fsp3) is 0.778. The van der Waals surface area contributed by atoms with Crippen molar-refractivity contribution >= 4 is 0 Å². The molecule has 2 unspecified atom stereocenters. The average Bonchev–Trinajstić information content (AvgIpc) is 2.27. The van der Waals surface area contributed by atoms with Gasteiger partial charge in [0, 0.05) is 5.92 Å². The Bertz CT molecular complexity index is 352. The summed E-state index contributed by atoms with van der Waals surface area (Å²) in [5.74, 6) is 0.616. The van der Waals surface area contributed by atoms with E-state index >= 15 is 0 Å². The quantitative estimate of drug-likeness (QED) is 0.527. The summed E-state index contributed by atoms with van der Waals surface area (Å²) >= 11 is 0. The first-order valence-corrected chi connectivity index (χ1v) is 7.88. The van der Waals surface area contributed by atoms with Gasteiger partial charge in [-0.3, -0.25) is 0 Å². The molecular formula is C18H34BrN. The molecule has 0 N–H and O–H groups in total. The Balaban J connectivity index is 0.00000361. The summed E-state index contributed by atoms with van der Waals surface area (Å²) in [6, 6.07) is 0.588. The third-order valence-electron chi connectivity index (χ3n) is 5.07. The molecule has 0 saturated carbocycles. The van der Waals surface area contributed by atoms with Crippen LogP contribution in [-0.2, 0) is 0 Å². The van der Waals surface area contributed by atoms with E-state index in [4.69, 9.17) is 0 Å². The highest BCUT2D eigenvalue weighted by molar-refractivity contribution is 5.19. The molecule has 2 heteroatoms. The van der Waals surface area contributed by atoms with Crippen molar-refractivity contribution < 1.29 is 21.5 Å². The molecule has 0 fully saturated rings. The Morgan fingerprint density at radius 3 is 2.50 bits per heavy atom. The molecule has 1 rings (SSSR count). The molecule has 1 aliphatic rings. The predicted molar refractivity (Wildman–Crippen MR) is 86.1 cm³/mol. The molecule has 0 saturated heterocycles. The Morgan fingerprint density at radius 1 is 1.40 bits per heavy atom. The standard InChI is InChI=1S/C18H34N.BrH/c1-8-14-19(6,7)16(3)11-12-17-15(2)10-9-13-18(17,4)5;/h10-12,16-17H,8-9,13-14H2,1-7H3;1H/q+1;/p-1/b12-11+;. The smallest absolute Gasteiger partial charge is 0.104 e. The number of allylic oxidation sites excluding steroid dienone is 3. The minimum absolute atomic E-state index is 0. The van der Waals surface area contributed by atoms with E-state index in [2.05, 4.69) is 66.9 Å². The van der Waals surface area contributed by atoms with Crippen LogP contribution in [0, 0.1) is 11.3 Å². The van der Waals surface area contributed by atoms with Crippen LogP contribution in [0.25, 0.3) is 0 Å². The number of rotatable bonds is 5. The fourth-order valence-electron chi connectivity index (χ4n) is 3.27. The van der Waals surface area contributed by atoms with Crippen LogP contribution in [0.2, 0.25) is 0 Å². The maximum atomic E-state index is 2.48. The van der Waals surface area contributed by atoms with Crippen molar-refractivity contribution in [3.05, 3.63) is 23.8 Å². The number of likely N-dealkylation sites (N-methyl/N-ethyl adjacent to an activating group) is 1. The molecule has 0 spiro atoms. The number of hydrogen-bond acceptors (Lipinski definition) is 0. The highest BCUT2D eigenvalue weighted by Crippen LogP contribution is 2.41. The van der Waals surface area contributed by atoms with Gasteiger partial charge in [0.25, 0.3) is 0 Å². The van der Waals surface area contributed by atoms with Gasteiger partial charge in [0.15, 0.2) is 0 Å². The molecule has 0 aromatic rings. The van der Waals surface area contributed by atoms with E-state index < -0.39 is 0 Å². The summed E-state index contributed by atoms with van der Waals surface area (Å²) in [6.45, 7) is 13.0. The third-order valence-corrected chi connectivity index (χ3v) is 5.07. The second kappa shape index (κ2) is 7.79. The highest BCUT2D eigenvalue weighted by Gasteiger charge is 2.31. The van der Waals surface area contributed by atoms with Crippen LogP contribution < -0.4 is 17.0 Å². The Labute approximate surface area is 137 Å². The SMILES string of the molecule is CCC[N+](C)(C)C(C)/C=C/C1C(C)=CCCC1(C)C.[Br-]. The maximum Gasteiger partial charge on any atom is 0.104 e. The van der Waals surface area contributed by atoms with Crippen molar-refractivity contribution in [3.8, 4) is 0 Å². The lowest BCUT2D eigenvalue weighted by Gasteiger charge is -2.38. The molecule has 2 atom stereocenters. The van der Waals surface area contributed by atoms with E-state index in [-0.39, 0.29) is 17.0 Å². The first kappa shape index (κ1) is 19.9. The van der Waals surface area contributed by atoms with Crippen LogP contribution in [0.3, 0.4) is 0 Å². The van der Waals surface area contributed by atoms with Crippen molar-refractivity contribution in [2.24, 2.45) is 11.3 Å². The molecule has 118 valence electrons. The van der Waals surface area contributed by atoms with Crippen molar-refractivity contribution in [2.75, 3.05) is 20.6 Å². The van der Waals surface area contributed by atoms with Gasteiger partial charge in [-0.15, -0.1) is 0 Å². The first-order valence-electron chi connectivity index (χ1n) is 7.88. The monoisotopic (exact) mass is 343 g/mol. The summed E-state index contributed by atoms with van der Waals surface area (Å²) in [5.41, 5.74) is 1.97. The van der Waals surface area contributed by atoms with E-state index in [9.17, 15) is 0 Å². The van der Waals surface area contributed by atoms with Crippen LogP contribution in [0.5, 0.6) is 0 Å². The third kappa shape index (κ3) is 5.04. The molecule has 0 aliphatic heterocycles. The summed E-state index contributed by atoms with van der Waals surface area (Å²) in [4.78, 5) is 0. The Hall–Kier alpha value is -0.0800. The molecule has 0 radical (unpaired) electrons. The van der Waals surface area contributed by atoms with E-state index in [1.54, 1.807) is 5.57 Å². The molecule has 0 aromatic carbocycles. The maximum absolute atomic E-state index is 2.48. The van der Waals surface area contributed by atoms with Gasteiger partial charge in [-0.2, -0.15) is 0 Å². The fourth-order valence-corrected chi connectivity index (χ4v) is 3.27. The summed E-state index contributed by atoms with van der Waals surface area (Å²) in [7, 11) is 4.68.